The van der Waals surface area contributed by atoms with Gasteiger partial charge in [-0.25, -0.2) is 8.42 Å². The van der Waals surface area contributed by atoms with Crippen LogP contribution in [0.5, 0.6) is 5.75 Å². The summed E-state index contributed by atoms with van der Waals surface area (Å²) in [5.74, 6) is 0.534. The van der Waals surface area contributed by atoms with Gasteiger partial charge in [0.05, 0.1) is 18.6 Å². The predicted molar refractivity (Wildman–Crippen MR) is 117 cm³/mol. The number of ether oxygens (including phenoxy) is 1. The predicted octanol–water partition coefficient (Wildman–Crippen LogP) is 3.30. The molecule has 0 aliphatic carbocycles. The molecule has 1 amide bonds. The van der Waals surface area contributed by atoms with Crippen molar-refractivity contribution < 1.29 is 17.9 Å². The lowest BCUT2D eigenvalue weighted by atomic mass is 10.1. The van der Waals surface area contributed by atoms with Gasteiger partial charge in [-0.2, -0.15) is 0 Å². The molecular weight excluding hydrogens is 388 g/mol. The second-order valence-electron chi connectivity index (χ2n) is 7.01. The van der Waals surface area contributed by atoms with Gasteiger partial charge in [0.15, 0.2) is 0 Å². The van der Waals surface area contributed by atoms with Crippen molar-refractivity contribution in [3.8, 4) is 5.75 Å². The summed E-state index contributed by atoms with van der Waals surface area (Å²) in [6.45, 7) is 6.52. The van der Waals surface area contributed by atoms with Crippen LogP contribution in [0.1, 0.15) is 31.4 Å². The molecule has 7 heteroatoms. The fourth-order valence-corrected chi connectivity index (χ4v) is 4.32. The molecule has 158 valence electrons. The third-order valence-corrected chi connectivity index (χ3v) is 5.81. The minimum absolute atomic E-state index is 0.325. The highest BCUT2D eigenvalue weighted by Crippen LogP contribution is 2.22. The first-order chi connectivity index (χ1) is 13.7. The number of amides is 1. The average molecular weight is 419 g/mol. The van der Waals surface area contributed by atoms with E-state index in [1.165, 1.54) is 0 Å². The van der Waals surface area contributed by atoms with Crippen LogP contribution in [0, 0.1) is 6.92 Å². The van der Waals surface area contributed by atoms with E-state index >= 15 is 0 Å². The molecule has 0 saturated heterocycles. The van der Waals surface area contributed by atoms with Crippen LogP contribution >= 0.6 is 0 Å². The van der Waals surface area contributed by atoms with Gasteiger partial charge in [0.25, 0.3) is 0 Å². The smallest absolute Gasteiger partial charge is 0.243 e. The third-order valence-electron chi connectivity index (χ3n) is 4.57. The largest absolute Gasteiger partial charge is 0.494 e. The average Bonchev–Trinajstić information content (AvgIpc) is 2.67. The zero-order chi connectivity index (χ0) is 21.4. The van der Waals surface area contributed by atoms with E-state index in [0.29, 0.717) is 18.8 Å². The maximum absolute atomic E-state index is 12.6. The van der Waals surface area contributed by atoms with Gasteiger partial charge in [0.1, 0.15) is 11.8 Å². The van der Waals surface area contributed by atoms with Crippen molar-refractivity contribution in [1.82, 2.24) is 5.32 Å². The number of carbonyl (C=O) groups excluding carboxylic acids is 1. The minimum Gasteiger partial charge on any atom is -0.494 e. The zero-order valence-electron chi connectivity index (χ0n) is 17.5. The van der Waals surface area contributed by atoms with Crippen LogP contribution in [0.15, 0.2) is 48.5 Å². The molecule has 2 aromatic rings. The first-order valence-corrected chi connectivity index (χ1v) is 11.6. The summed E-state index contributed by atoms with van der Waals surface area (Å²) >= 11 is 0. The Balaban J connectivity index is 1.97. The van der Waals surface area contributed by atoms with Crippen LogP contribution in [0.3, 0.4) is 0 Å². The Bertz CT molecular complexity index is 911. The normalized spacial score (nSPS) is 12.3. The highest BCUT2D eigenvalue weighted by molar-refractivity contribution is 7.92. The lowest BCUT2D eigenvalue weighted by Crippen LogP contribution is -2.48. The van der Waals surface area contributed by atoms with Crippen LogP contribution in [0.4, 0.5) is 5.69 Å². The molecule has 0 aliphatic rings. The highest BCUT2D eigenvalue weighted by atomic mass is 32.2. The number of nitrogens with one attached hydrogen (secondary N) is 1. The summed E-state index contributed by atoms with van der Waals surface area (Å²) in [6, 6.07) is 14.1. The molecule has 1 N–H and O–H groups in total. The van der Waals surface area contributed by atoms with Gasteiger partial charge < -0.3 is 10.1 Å². The molecule has 0 saturated carbocycles. The van der Waals surface area contributed by atoms with Crippen LogP contribution in [0.2, 0.25) is 0 Å². The third kappa shape index (κ3) is 6.49. The molecule has 0 radical (unpaired) electrons. The minimum atomic E-state index is -3.60. The van der Waals surface area contributed by atoms with E-state index in [4.69, 9.17) is 4.74 Å². The van der Waals surface area contributed by atoms with Crippen molar-refractivity contribution in [1.29, 1.82) is 0 Å². The number of nitrogens with zero attached hydrogens (tertiary/aromatic N) is 1. The van der Waals surface area contributed by atoms with Crippen LogP contribution in [0.25, 0.3) is 0 Å². The van der Waals surface area contributed by atoms with Crippen LogP contribution in [-0.4, -0.2) is 39.8 Å². The molecular formula is C22H30N2O4S. The SMILES string of the molecule is CCOc1ccccc1CCCNC(=O)[C@H](C)N(c1ccc(C)cc1)S(C)(=O)=O. The molecule has 0 unspecified atom stereocenters. The van der Waals surface area contributed by atoms with Crippen molar-refractivity contribution in [2.45, 2.75) is 39.7 Å². The number of para-hydroxylation sites is 1. The molecule has 0 spiro atoms. The van der Waals surface area contributed by atoms with E-state index in [0.717, 1.165) is 40.3 Å². The molecule has 0 aliphatic heterocycles. The lowest BCUT2D eigenvalue weighted by molar-refractivity contribution is -0.121. The number of rotatable bonds is 10. The van der Waals surface area contributed by atoms with Gasteiger partial charge in [0, 0.05) is 6.54 Å². The van der Waals surface area contributed by atoms with Gasteiger partial charge in [-0.3, -0.25) is 9.10 Å². The molecule has 1 atom stereocenters. The fraction of sp³-hybridized carbons (Fsp3) is 0.409. The Morgan fingerprint density at radius 1 is 1.14 bits per heavy atom. The van der Waals surface area contributed by atoms with Crippen molar-refractivity contribution in [3.63, 3.8) is 0 Å². The zero-order valence-corrected chi connectivity index (χ0v) is 18.3. The number of hydrogen-bond acceptors (Lipinski definition) is 4. The highest BCUT2D eigenvalue weighted by Gasteiger charge is 2.28. The van der Waals surface area contributed by atoms with Gasteiger partial charge in [-0.15, -0.1) is 0 Å². The summed E-state index contributed by atoms with van der Waals surface area (Å²) in [6.07, 6.45) is 2.60. The number of carbonyl (C=O) groups is 1. The van der Waals surface area contributed by atoms with Crippen molar-refractivity contribution in [2.24, 2.45) is 0 Å². The monoisotopic (exact) mass is 418 g/mol. The summed E-state index contributed by atoms with van der Waals surface area (Å²) in [7, 11) is -3.60. The molecule has 2 rings (SSSR count). The number of anilines is 1. The van der Waals surface area contributed by atoms with Crippen LogP contribution < -0.4 is 14.4 Å². The van der Waals surface area contributed by atoms with Crippen molar-refractivity contribution in [2.75, 3.05) is 23.7 Å². The molecule has 2 aromatic carbocycles. The number of aryl methyl sites for hydroxylation is 2. The van der Waals surface area contributed by atoms with Crippen molar-refractivity contribution in [3.05, 3.63) is 59.7 Å². The molecule has 0 fully saturated rings. The molecule has 29 heavy (non-hydrogen) atoms. The van der Waals surface area contributed by atoms with E-state index in [2.05, 4.69) is 5.32 Å². The van der Waals surface area contributed by atoms with Gasteiger partial charge in [0.2, 0.25) is 15.9 Å². The first-order valence-electron chi connectivity index (χ1n) is 9.78. The summed E-state index contributed by atoms with van der Waals surface area (Å²) in [5, 5.41) is 2.85. The van der Waals surface area contributed by atoms with E-state index in [-0.39, 0.29) is 5.91 Å². The lowest BCUT2D eigenvalue weighted by Gasteiger charge is -2.28. The second-order valence-corrected chi connectivity index (χ2v) is 8.87. The fourth-order valence-electron chi connectivity index (χ4n) is 3.15. The number of sulfonamides is 1. The van der Waals surface area contributed by atoms with Gasteiger partial charge in [-0.1, -0.05) is 35.9 Å². The molecule has 6 nitrogen and oxygen atoms in total. The topological polar surface area (TPSA) is 75.7 Å². The molecule has 0 heterocycles. The van der Waals surface area contributed by atoms with E-state index < -0.39 is 16.1 Å². The molecule has 0 aromatic heterocycles. The summed E-state index contributed by atoms with van der Waals surface area (Å²) in [5.41, 5.74) is 2.59. The number of benzene rings is 2. The first kappa shape index (κ1) is 22.7. The van der Waals surface area contributed by atoms with Gasteiger partial charge in [-0.05, 0) is 57.4 Å². The molecule has 0 bridgehead atoms. The standard InChI is InChI=1S/C22H30N2O4S/c1-5-28-21-11-7-6-9-19(21)10-8-16-23-22(25)18(3)24(29(4,26)27)20-14-12-17(2)13-15-20/h6-7,9,11-15,18H,5,8,10,16H2,1-4H3,(H,23,25)/t18-/m0/s1. The second kappa shape index (κ2) is 10.3. The Kier molecular flexibility index (Phi) is 8.08. The Hall–Kier alpha value is -2.54. The maximum atomic E-state index is 12.6. The Morgan fingerprint density at radius 3 is 2.41 bits per heavy atom. The Labute approximate surface area is 173 Å². The van der Waals surface area contributed by atoms with Gasteiger partial charge >= 0.3 is 0 Å². The Morgan fingerprint density at radius 2 is 1.79 bits per heavy atom. The van der Waals surface area contributed by atoms with Crippen molar-refractivity contribution >= 4 is 21.6 Å². The maximum Gasteiger partial charge on any atom is 0.243 e. The summed E-state index contributed by atoms with van der Waals surface area (Å²) in [4.78, 5) is 12.6. The van der Waals surface area contributed by atoms with E-state index in [1.54, 1.807) is 19.1 Å². The van der Waals surface area contributed by atoms with E-state index in [1.807, 2.05) is 50.2 Å². The van der Waals surface area contributed by atoms with Crippen LogP contribution in [-0.2, 0) is 21.2 Å². The quantitative estimate of drug-likeness (QED) is 0.601. The van der Waals surface area contributed by atoms with E-state index in [9.17, 15) is 13.2 Å². The summed E-state index contributed by atoms with van der Waals surface area (Å²) < 4.78 is 31.4. The number of hydrogen-bond donors (Lipinski definition) is 1.